The highest BCUT2D eigenvalue weighted by molar-refractivity contribution is 6.04. The van der Waals surface area contributed by atoms with Gasteiger partial charge >= 0.3 is 0 Å². The fourth-order valence-electron chi connectivity index (χ4n) is 4.79. The molecule has 6 rings (SSSR count). The van der Waals surface area contributed by atoms with Gasteiger partial charge in [0.15, 0.2) is 0 Å². The van der Waals surface area contributed by atoms with Gasteiger partial charge in [0.05, 0.1) is 42.6 Å². The van der Waals surface area contributed by atoms with E-state index in [0.29, 0.717) is 30.6 Å². The van der Waals surface area contributed by atoms with Crippen LogP contribution in [0.25, 0.3) is 33.4 Å². The van der Waals surface area contributed by atoms with Crippen LogP contribution in [0.15, 0.2) is 55.0 Å². The molecule has 8 heteroatoms. The summed E-state index contributed by atoms with van der Waals surface area (Å²) in [5.74, 6) is 0.849. The zero-order valence-electron chi connectivity index (χ0n) is 18.4. The number of ether oxygens (including phenoxy) is 2. The molecule has 0 spiro atoms. The molecule has 8 nitrogen and oxygen atoms in total. The van der Waals surface area contributed by atoms with E-state index in [4.69, 9.17) is 9.47 Å². The molecule has 0 bridgehead atoms. The average molecular weight is 441 g/mol. The van der Waals surface area contributed by atoms with Gasteiger partial charge < -0.3 is 14.8 Å². The Morgan fingerprint density at radius 1 is 1.21 bits per heavy atom. The van der Waals surface area contributed by atoms with Gasteiger partial charge in [-0.2, -0.15) is 5.10 Å². The summed E-state index contributed by atoms with van der Waals surface area (Å²) in [6, 6.07) is 13.7. The number of aromatic nitrogens is 4. The van der Waals surface area contributed by atoms with Crippen molar-refractivity contribution in [3.63, 3.8) is 0 Å². The predicted octanol–water partition coefficient (Wildman–Crippen LogP) is 3.68. The van der Waals surface area contributed by atoms with E-state index in [1.807, 2.05) is 55.7 Å². The summed E-state index contributed by atoms with van der Waals surface area (Å²) in [6.45, 7) is 1.13. The Bertz CT molecular complexity index is 1380. The molecule has 1 saturated carbocycles. The van der Waals surface area contributed by atoms with Crippen LogP contribution in [-0.2, 0) is 16.6 Å². The van der Waals surface area contributed by atoms with Crippen molar-refractivity contribution in [2.75, 3.05) is 25.6 Å². The lowest BCUT2D eigenvalue weighted by molar-refractivity contribution is -0.121. The summed E-state index contributed by atoms with van der Waals surface area (Å²) in [4.78, 5) is 22.2. The maximum Gasteiger partial charge on any atom is 0.233 e. The quantitative estimate of drug-likeness (QED) is 0.508. The maximum atomic E-state index is 13.1. The van der Waals surface area contributed by atoms with Crippen molar-refractivity contribution >= 4 is 22.5 Å². The normalized spacial score (nSPS) is 21.1. The third-order valence-corrected chi connectivity index (χ3v) is 6.70. The molecule has 2 atom stereocenters. The van der Waals surface area contributed by atoms with Gasteiger partial charge in [0, 0.05) is 41.7 Å². The molecule has 166 valence electrons. The highest BCUT2D eigenvalue weighted by Gasteiger charge is 2.63. The highest BCUT2D eigenvalue weighted by Crippen LogP contribution is 2.57. The van der Waals surface area contributed by atoms with Crippen molar-refractivity contribution in [1.82, 2.24) is 19.7 Å². The number of aryl methyl sites for hydroxylation is 1. The Labute approximate surface area is 190 Å². The first kappa shape index (κ1) is 19.9. The summed E-state index contributed by atoms with van der Waals surface area (Å²) in [6.07, 6.45) is 4.37. The molecule has 1 amide bonds. The Morgan fingerprint density at radius 2 is 2.06 bits per heavy atom. The molecule has 1 aliphatic heterocycles. The number of rotatable bonds is 5. The third kappa shape index (κ3) is 3.17. The summed E-state index contributed by atoms with van der Waals surface area (Å²) in [5.41, 5.74) is 4.40. The van der Waals surface area contributed by atoms with E-state index in [0.717, 1.165) is 39.8 Å². The van der Waals surface area contributed by atoms with Gasteiger partial charge in [-0.1, -0.05) is 30.3 Å². The predicted molar refractivity (Wildman–Crippen MR) is 124 cm³/mol. The van der Waals surface area contributed by atoms with Crippen LogP contribution < -0.4 is 10.1 Å². The first-order valence-corrected chi connectivity index (χ1v) is 10.9. The zero-order chi connectivity index (χ0) is 22.6. The molecule has 2 aromatic carbocycles. The smallest absolute Gasteiger partial charge is 0.233 e. The fraction of sp³-hybridized carbons (Fsp3) is 0.280. The molecular formula is C25H23N5O3. The number of amides is 1. The second kappa shape index (κ2) is 7.38. The fourth-order valence-corrected chi connectivity index (χ4v) is 4.79. The number of hydrogen-bond acceptors (Lipinski definition) is 6. The zero-order valence-corrected chi connectivity index (χ0v) is 18.4. The summed E-state index contributed by atoms with van der Waals surface area (Å²) in [7, 11) is 3.48. The van der Waals surface area contributed by atoms with Crippen LogP contribution in [0.2, 0.25) is 0 Å². The van der Waals surface area contributed by atoms with Crippen LogP contribution >= 0.6 is 0 Å². The molecule has 2 fully saturated rings. The van der Waals surface area contributed by atoms with Crippen molar-refractivity contribution in [2.24, 2.45) is 18.4 Å². The molecule has 33 heavy (non-hydrogen) atoms. The Hall–Kier alpha value is -3.78. The Morgan fingerprint density at radius 3 is 2.79 bits per heavy atom. The van der Waals surface area contributed by atoms with E-state index in [9.17, 15) is 4.79 Å². The SMILES string of the molecule is COc1cc2ncnc(-c3cn(C)nc3-c3ccccc3)c2cc1NC(=O)C12COCC1C2. The number of fused-ring (bicyclic) bond motifs is 2. The lowest BCUT2D eigenvalue weighted by Gasteiger charge is -2.16. The number of benzene rings is 2. The van der Waals surface area contributed by atoms with Crippen molar-refractivity contribution in [3.05, 3.63) is 55.0 Å². The number of carbonyl (C=O) groups excluding carboxylic acids is 1. The molecule has 4 aromatic rings. The lowest BCUT2D eigenvalue weighted by Crippen LogP contribution is -2.27. The molecule has 2 aliphatic rings. The number of nitrogens with one attached hydrogen (secondary N) is 1. The number of hydrogen-bond donors (Lipinski definition) is 1. The minimum atomic E-state index is -0.403. The van der Waals surface area contributed by atoms with Gasteiger partial charge in [0.1, 0.15) is 17.8 Å². The second-order valence-corrected chi connectivity index (χ2v) is 8.75. The van der Waals surface area contributed by atoms with E-state index < -0.39 is 5.41 Å². The molecule has 2 unspecified atom stereocenters. The molecule has 1 saturated heterocycles. The van der Waals surface area contributed by atoms with E-state index in [-0.39, 0.29) is 5.91 Å². The van der Waals surface area contributed by atoms with Gasteiger partial charge in [-0.25, -0.2) is 9.97 Å². The first-order chi connectivity index (χ1) is 16.1. The standard InChI is InChI=1S/C25H23N5O3/c1-30-11-18(22(29-30)15-6-4-3-5-7-15)23-17-8-20(21(32-2)9-19(17)26-14-27-23)28-24(31)25-10-16(25)12-33-13-25/h3-9,11,14,16H,10,12-13H2,1-2H3,(H,28,31). The van der Waals surface area contributed by atoms with Gasteiger partial charge in [-0.15, -0.1) is 0 Å². The minimum Gasteiger partial charge on any atom is -0.494 e. The molecular weight excluding hydrogens is 418 g/mol. The van der Waals surface area contributed by atoms with Crippen LogP contribution in [0, 0.1) is 11.3 Å². The monoisotopic (exact) mass is 441 g/mol. The summed E-state index contributed by atoms with van der Waals surface area (Å²) >= 11 is 0. The summed E-state index contributed by atoms with van der Waals surface area (Å²) in [5, 5.41) is 8.58. The van der Waals surface area contributed by atoms with Crippen molar-refractivity contribution in [2.45, 2.75) is 6.42 Å². The molecule has 1 N–H and O–H groups in total. The molecule has 3 heterocycles. The second-order valence-electron chi connectivity index (χ2n) is 8.75. The number of carbonyl (C=O) groups is 1. The van der Waals surface area contributed by atoms with Crippen LogP contribution in [0.5, 0.6) is 5.75 Å². The van der Waals surface area contributed by atoms with E-state index in [1.54, 1.807) is 18.1 Å². The van der Waals surface area contributed by atoms with Gasteiger partial charge in [0.25, 0.3) is 0 Å². The van der Waals surface area contributed by atoms with Gasteiger partial charge in [-0.3, -0.25) is 9.48 Å². The van der Waals surface area contributed by atoms with E-state index in [2.05, 4.69) is 20.4 Å². The van der Waals surface area contributed by atoms with Crippen LogP contribution in [-0.4, -0.2) is 46.0 Å². The van der Waals surface area contributed by atoms with Crippen molar-refractivity contribution < 1.29 is 14.3 Å². The van der Waals surface area contributed by atoms with E-state index >= 15 is 0 Å². The summed E-state index contributed by atoms with van der Waals surface area (Å²) < 4.78 is 12.9. The molecule has 0 radical (unpaired) electrons. The maximum absolute atomic E-state index is 13.1. The first-order valence-electron chi connectivity index (χ1n) is 10.9. The number of methoxy groups -OCH3 is 1. The average Bonchev–Trinajstić information content (AvgIpc) is 3.18. The highest BCUT2D eigenvalue weighted by atomic mass is 16.5. The molecule has 2 aromatic heterocycles. The van der Waals surface area contributed by atoms with Crippen molar-refractivity contribution in [3.8, 4) is 28.3 Å². The largest absolute Gasteiger partial charge is 0.494 e. The topological polar surface area (TPSA) is 91.2 Å². The lowest BCUT2D eigenvalue weighted by atomic mass is 10.0. The Kier molecular flexibility index (Phi) is 4.45. The minimum absolute atomic E-state index is 0.0209. The molecule has 1 aliphatic carbocycles. The number of anilines is 1. The van der Waals surface area contributed by atoms with Crippen LogP contribution in [0.1, 0.15) is 6.42 Å². The van der Waals surface area contributed by atoms with Crippen LogP contribution in [0.3, 0.4) is 0 Å². The van der Waals surface area contributed by atoms with E-state index in [1.165, 1.54) is 0 Å². The van der Waals surface area contributed by atoms with Gasteiger partial charge in [0.2, 0.25) is 5.91 Å². The van der Waals surface area contributed by atoms with Gasteiger partial charge in [-0.05, 0) is 12.5 Å². The number of nitrogens with zero attached hydrogens (tertiary/aromatic N) is 4. The van der Waals surface area contributed by atoms with Crippen molar-refractivity contribution in [1.29, 1.82) is 0 Å². The van der Waals surface area contributed by atoms with Crippen LogP contribution in [0.4, 0.5) is 5.69 Å². The Balaban J connectivity index is 1.47. The third-order valence-electron chi connectivity index (χ3n) is 6.70.